The van der Waals surface area contributed by atoms with Crippen LogP contribution < -0.4 is 0 Å². The number of rotatable bonds is 1. The van der Waals surface area contributed by atoms with E-state index >= 15 is 0 Å². The quantitative estimate of drug-likeness (QED) is 0.604. The average molecular weight is 198 g/mol. The van der Waals surface area contributed by atoms with E-state index in [1.807, 2.05) is 0 Å². The van der Waals surface area contributed by atoms with Gasteiger partial charge in [-0.1, -0.05) is 32.1 Å². The van der Waals surface area contributed by atoms with Crippen molar-refractivity contribution in [3.63, 3.8) is 0 Å². The molecule has 0 nitrogen and oxygen atoms in total. The zero-order valence-corrected chi connectivity index (χ0v) is 9.44. The first-order valence-electron chi connectivity index (χ1n) is 6.04. The monoisotopic (exact) mass is 198 g/mol. The van der Waals surface area contributed by atoms with Crippen molar-refractivity contribution in [2.45, 2.75) is 63.0 Å². The molecule has 2 aliphatic rings. The van der Waals surface area contributed by atoms with E-state index < -0.39 is 0 Å². The van der Waals surface area contributed by atoms with E-state index in [2.05, 4.69) is 12.6 Å². The van der Waals surface area contributed by atoms with Gasteiger partial charge in [0, 0.05) is 5.25 Å². The van der Waals surface area contributed by atoms with Crippen LogP contribution in [0.1, 0.15) is 57.8 Å². The fraction of sp³-hybridized carbons (Fsp3) is 1.00. The molecule has 0 aromatic rings. The maximum absolute atomic E-state index is 4.57. The van der Waals surface area contributed by atoms with Crippen LogP contribution in [0.15, 0.2) is 0 Å². The summed E-state index contributed by atoms with van der Waals surface area (Å²) in [4.78, 5) is 0. The van der Waals surface area contributed by atoms with Gasteiger partial charge >= 0.3 is 0 Å². The van der Waals surface area contributed by atoms with Crippen LogP contribution in [0.3, 0.4) is 0 Å². The summed E-state index contributed by atoms with van der Waals surface area (Å²) >= 11 is 4.57. The molecular weight excluding hydrogens is 176 g/mol. The Hall–Kier alpha value is 0.350. The number of thiol groups is 1. The first-order valence-corrected chi connectivity index (χ1v) is 6.56. The Labute approximate surface area is 87.9 Å². The molecule has 0 aliphatic heterocycles. The Balaban J connectivity index is 1.79. The molecule has 2 aliphatic carbocycles. The molecule has 0 radical (unpaired) electrons. The highest BCUT2D eigenvalue weighted by atomic mass is 32.1. The van der Waals surface area contributed by atoms with E-state index in [4.69, 9.17) is 0 Å². The molecule has 0 aromatic heterocycles. The van der Waals surface area contributed by atoms with Gasteiger partial charge in [-0.2, -0.15) is 12.6 Å². The molecule has 2 rings (SSSR count). The molecule has 1 heteroatoms. The van der Waals surface area contributed by atoms with Crippen molar-refractivity contribution in [2.24, 2.45) is 11.8 Å². The normalized spacial score (nSPS) is 37.6. The Morgan fingerprint density at radius 2 is 1.15 bits per heavy atom. The minimum absolute atomic E-state index is 0.722. The van der Waals surface area contributed by atoms with Crippen LogP contribution in [0, 0.1) is 11.8 Å². The van der Waals surface area contributed by atoms with Gasteiger partial charge in [0.2, 0.25) is 0 Å². The molecule has 0 N–H and O–H groups in total. The molecule has 0 spiro atoms. The topological polar surface area (TPSA) is 0 Å². The summed E-state index contributed by atoms with van der Waals surface area (Å²) in [7, 11) is 0. The van der Waals surface area contributed by atoms with Crippen LogP contribution in [0.2, 0.25) is 0 Å². The van der Waals surface area contributed by atoms with Crippen molar-refractivity contribution in [3.8, 4) is 0 Å². The van der Waals surface area contributed by atoms with Gasteiger partial charge in [-0.3, -0.25) is 0 Å². The molecule has 0 atom stereocenters. The van der Waals surface area contributed by atoms with Crippen LogP contribution in [0.4, 0.5) is 0 Å². The van der Waals surface area contributed by atoms with Gasteiger partial charge in [0.1, 0.15) is 0 Å². The summed E-state index contributed by atoms with van der Waals surface area (Å²) in [5.41, 5.74) is 0. The lowest BCUT2D eigenvalue weighted by Crippen LogP contribution is -2.23. The van der Waals surface area contributed by atoms with Crippen molar-refractivity contribution < 1.29 is 0 Å². The fourth-order valence-corrected chi connectivity index (χ4v) is 3.48. The van der Waals surface area contributed by atoms with Crippen molar-refractivity contribution in [1.82, 2.24) is 0 Å². The van der Waals surface area contributed by atoms with Crippen LogP contribution in [0.5, 0.6) is 0 Å². The Bertz CT molecular complexity index is 141. The lowest BCUT2D eigenvalue weighted by Gasteiger charge is -2.34. The predicted molar refractivity (Wildman–Crippen MR) is 61.3 cm³/mol. The fourth-order valence-electron chi connectivity index (χ4n) is 3.18. The zero-order valence-electron chi connectivity index (χ0n) is 8.54. The summed E-state index contributed by atoms with van der Waals surface area (Å²) in [5, 5.41) is 0.722. The molecule has 0 unspecified atom stereocenters. The molecule has 13 heavy (non-hydrogen) atoms. The highest BCUT2D eigenvalue weighted by molar-refractivity contribution is 7.80. The molecule has 2 fully saturated rings. The second-order valence-corrected chi connectivity index (χ2v) is 5.70. The average Bonchev–Trinajstić information content (AvgIpc) is 2.20. The maximum Gasteiger partial charge on any atom is 0.00170 e. The minimum Gasteiger partial charge on any atom is -0.176 e. The Kier molecular flexibility index (Phi) is 3.59. The second kappa shape index (κ2) is 4.72. The third kappa shape index (κ3) is 2.65. The predicted octanol–water partition coefficient (Wildman–Crippen LogP) is 4.06. The summed E-state index contributed by atoms with van der Waals surface area (Å²) in [6.45, 7) is 0. The van der Waals surface area contributed by atoms with E-state index in [1.54, 1.807) is 0 Å². The second-order valence-electron chi connectivity index (χ2n) is 4.97. The number of hydrogen-bond acceptors (Lipinski definition) is 1. The lowest BCUT2D eigenvalue weighted by atomic mass is 9.73. The molecule has 0 amide bonds. The van der Waals surface area contributed by atoms with Crippen molar-refractivity contribution in [1.29, 1.82) is 0 Å². The minimum atomic E-state index is 0.722. The van der Waals surface area contributed by atoms with Gasteiger partial charge in [-0.15, -0.1) is 0 Å². The maximum atomic E-state index is 4.57. The lowest BCUT2D eigenvalue weighted by molar-refractivity contribution is 0.199. The smallest absolute Gasteiger partial charge is 0.00170 e. The number of hydrogen-bond donors (Lipinski definition) is 1. The first kappa shape index (κ1) is 9.89. The summed E-state index contributed by atoms with van der Waals surface area (Å²) < 4.78 is 0. The molecule has 76 valence electrons. The molecular formula is C12H22S. The molecule has 0 heterocycles. The van der Waals surface area contributed by atoms with Crippen LogP contribution in [0.25, 0.3) is 0 Å². The van der Waals surface area contributed by atoms with E-state index in [0.717, 1.165) is 17.1 Å². The molecule has 0 aromatic carbocycles. The molecule has 0 bridgehead atoms. The van der Waals surface area contributed by atoms with Crippen LogP contribution in [-0.4, -0.2) is 5.25 Å². The summed E-state index contributed by atoms with van der Waals surface area (Å²) in [6.07, 6.45) is 13.3. The van der Waals surface area contributed by atoms with Crippen molar-refractivity contribution >= 4 is 12.6 Å². The molecule has 2 saturated carbocycles. The first-order chi connectivity index (χ1) is 6.36. The summed E-state index contributed by atoms with van der Waals surface area (Å²) in [5.74, 6) is 2.17. The van der Waals surface area contributed by atoms with Gasteiger partial charge in [0.15, 0.2) is 0 Å². The highest BCUT2D eigenvalue weighted by Gasteiger charge is 2.27. The van der Waals surface area contributed by atoms with Gasteiger partial charge in [0.05, 0.1) is 0 Å². The Morgan fingerprint density at radius 3 is 1.77 bits per heavy atom. The summed E-state index contributed by atoms with van der Waals surface area (Å²) in [6, 6.07) is 0. The Morgan fingerprint density at radius 1 is 0.615 bits per heavy atom. The largest absolute Gasteiger partial charge is 0.176 e. The van der Waals surface area contributed by atoms with E-state index in [-0.39, 0.29) is 0 Å². The van der Waals surface area contributed by atoms with Gasteiger partial charge in [0.25, 0.3) is 0 Å². The van der Waals surface area contributed by atoms with Crippen LogP contribution >= 0.6 is 12.6 Å². The third-order valence-corrected chi connectivity index (χ3v) is 4.57. The van der Waals surface area contributed by atoms with Gasteiger partial charge in [-0.05, 0) is 37.5 Å². The van der Waals surface area contributed by atoms with Gasteiger partial charge in [-0.25, -0.2) is 0 Å². The van der Waals surface area contributed by atoms with E-state index in [1.165, 1.54) is 57.8 Å². The third-order valence-electron chi connectivity index (χ3n) is 4.06. The van der Waals surface area contributed by atoms with Gasteiger partial charge < -0.3 is 0 Å². The van der Waals surface area contributed by atoms with Crippen molar-refractivity contribution in [3.05, 3.63) is 0 Å². The zero-order chi connectivity index (χ0) is 9.10. The van der Waals surface area contributed by atoms with E-state index in [0.29, 0.717) is 0 Å². The SMILES string of the molecule is SC1CCC(C2CCCCC2)CC1. The molecule has 0 saturated heterocycles. The van der Waals surface area contributed by atoms with Crippen LogP contribution in [-0.2, 0) is 0 Å². The highest BCUT2D eigenvalue weighted by Crippen LogP contribution is 2.39. The standard InChI is InChI=1S/C12H22S/c13-12-8-6-11(7-9-12)10-4-2-1-3-5-10/h10-13H,1-9H2. The van der Waals surface area contributed by atoms with Crippen molar-refractivity contribution in [2.75, 3.05) is 0 Å². The van der Waals surface area contributed by atoms with E-state index in [9.17, 15) is 0 Å².